The zero-order valence-corrected chi connectivity index (χ0v) is 16.0. The third-order valence-corrected chi connectivity index (χ3v) is 4.62. The van der Waals surface area contributed by atoms with Gasteiger partial charge in [-0.05, 0) is 41.1 Å². The lowest BCUT2D eigenvalue weighted by Gasteiger charge is -2.08. The van der Waals surface area contributed by atoms with Crippen molar-refractivity contribution in [2.45, 2.75) is 13.5 Å². The van der Waals surface area contributed by atoms with Crippen LogP contribution in [0, 0.1) is 0 Å². The maximum Gasteiger partial charge on any atom is 0.303 e. The number of esters is 1. The molecule has 6 nitrogen and oxygen atoms in total. The molecule has 4 rings (SSSR count). The molecule has 0 unspecified atom stereocenters. The van der Waals surface area contributed by atoms with Gasteiger partial charge >= 0.3 is 5.97 Å². The van der Waals surface area contributed by atoms with Crippen molar-refractivity contribution in [1.82, 2.24) is 0 Å². The summed E-state index contributed by atoms with van der Waals surface area (Å²) in [5.74, 6) is 0.167. The van der Waals surface area contributed by atoms with Crippen LogP contribution in [0.4, 0.5) is 5.69 Å². The van der Waals surface area contributed by atoms with Gasteiger partial charge in [-0.2, -0.15) is 0 Å². The molecule has 29 heavy (non-hydrogen) atoms. The Bertz CT molecular complexity index is 1210. The molecular weight excluding hydrogens is 370 g/mol. The number of carbonyl (C=O) groups is 2. The normalized spacial score (nSPS) is 10.8. The molecule has 1 aromatic heterocycles. The van der Waals surface area contributed by atoms with Gasteiger partial charge in [0.15, 0.2) is 5.76 Å². The van der Waals surface area contributed by atoms with Gasteiger partial charge in [0.05, 0.1) is 12.7 Å². The molecule has 4 aromatic rings. The largest absolute Gasteiger partial charge is 0.497 e. The molecule has 1 heterocycles. The molecule has 0 fully saturated rings. The average molecular weight is 389 g/mol. The fraction of sp³-hybridized carbons (Fsp3) is 0.130. The molecule has 0 radical (unpaired) electrons. The molecule has 1 N–H and O–H groups in total. The van der Waals surface area contributed by atoms with E-state index in [0.29, 0.717) is 33.7 Å². The van der Waals surface area contributed by atoms with E-state index in [0.717, 1.165) is 10.8 Å². The Hall–Kier alpha value is -3.80. The number of carbonyl (C=O) groups excluding carboxylic acids is 2. The van der Waals surface area contributed by atoms with Crippen LogP contribution >= 0.6 is 0 Å². The van der Waals surface area contributed by atoms with Gasteiger partial charge in [-0.15, -0.1) is 0 Å². The lowest BCUT2D eigenvalue weighted by Crippen LogP contribution is -2.14. The predicted octanol–water partition coefficient (Wildman–Crippen LogP) is 4.91. The number of ether oxygens (including phenoxy) is 2. The molecule has 0 spiro atoms. The monoisotopic (exact) mass is 389 g/mol. The summed E-state index contributed by atoms with van der Waals surface area (Å²) in [6, 6.07) is 18.5. The van der Waals surface area contributed by atoms with Crippen LogP contribution in [0.2, 0.25) is 0 Å². The number of furan rings is 1. The molecule has 0 saturated carbocycles. The molecule has 146 valence electrons. The van der Waals surface area contributed by atoms with Crippen molar-refractivity contribution >= 4 is 39.3 Å². The van der Waals surface area contributed by atoms with Gasteiger partial charge in [-0.1, -0.05) is 30.3 Å². The number of benzene rings is 3. The van der Waals surface area contributed by atoms with E-state index >= 15 is 0 Å². The Labute approximate surface area is 167 Å². The molecule has 0 aliphatic rings. The number of hydrogen-bond donors (Lipinski definition) is 1. The molecule has 0 atom stereocenters. The minimum Gasteiger partial charge on any atom is -0.497 e. The summed E-state index contributed by atoms with van der Waals surface area (Å²) in [5, 5.41) is 5.29. The Kier molecular flexibility index (Phi) is 4.91. The van der Waals surface area contributed by atoms with Crippen molar-refractivity contribution < 1.29 is 23.5 Å². The second kappa shape index (κ2) is 7.67. The molecule has 0 bridgehead atoms. The Morgan fingerprint density at radius 2 is 1.79 bits per heavy atom. The third kappa shape index (κ3) is 3.65. The zero-order valence-electron chi connectivity index (χ0n) is 16.0. The average Bonchev–Trinajstić information content (AvgIpc) is 3.11. The molecule has 0 aliphatic heterocycles. The Balaban J connectivity index is 1.91. The first-order valence-electron chi connectivity index (χ1n) is 9.08. The lowest BCUT2D eigenvalue weighted by molar-refractivity contribution is -0.142. The van der Waals surface area contributed by atoms with E-state index in [2.05, 4.69) is 5.32 Å². The number of anilines is 1. The van der Waals surface area contributed by atoms with Crippen molar-refractivity contribution in [3.8, 4) is 5.75 Å². The number of rotatable bonds is 5. The van der Waals surface area contributed by atoms with Crippen molar-refractivity contribution in [2.24, 2.45) is 0 Å². The number of hydrogen-bond acceptors (Lipinski definition) is 5. The summed E-state index contributed by atoms with van der Waals surface area (Å²) < 4.78 is 16.4. The van der Waals surface area contributed by atoms with Gasteiger partial charge in [-0.3, -0.25) is 9.59 Å². The SMILES string of the molecule is COc1ccc2ccc3oc(COC(C)=O)c(C(=O)Nc4ccccc4)c3c2c1. The predicted molar refractivity (Wildman–Crippen MR) is 110 cm³/mol. The summed E-state index contributed by atoms with van der Waals surface area (Å²) in [6.45, 7) is 1.18. The van der Waals surface area contributed by atoms with E-state index in [1.807, 2.05) is 42.5 Å². The van der Waals surface area contributed by atoms with Gasteiger partial charge in [0.2, 0.25) is 0 Å². The van der Waals surface area contributed by atoms with Crippen molar-refractivity contribution in [1.29, 1.82) is 0 Å². The summed E-state index contributed by atoms with van der Waals surface area (Å²) >= 11 is 0. The molecule has 0 aliphatic carbocycles. The standard InChI is InChI=1S/C23H19NO5/c1-14(25)28-13-20-22(23(26)24-16-6-4-3-5-7-16)21-18-12-17(27-2)10-8-15(18)9-11-19(21)29-20/h3-12H,13H2,1-2H3,(H,24,26). The van der Waals surface area contributed by atoms with Gasteiger partial charge in [0, 0.05) is 18.0 Å². The first-order valence-corrected chi connectivity index (χ1v) is 9.08. The van der Waals surface area contributed by atoms with E-state index in [1.165, 1.54) is 6.92 Å². The van der Waals surface area contributed by atoms with Crippen LogP contribution in [-0.2, 0) is 16.1 Å². The number of amides is 1. The molecule has 0 saturated heterocycles. The van der Waals surface area contributed by atoms with E-state index in [4.69, 9.17) is 13.9 Å². The highest BCUT2D eigenvalue weighted by molar-refractivity contribution is 6.20. The lowest BCUT2D eigenvalue weighted by atomic mass is 10.0. The molecule has 3 aromatic carbocycles. The summed E-state index contributed by atoms with van der Waals surface area (Å²) in [4.78, 5) is 24.5. The van der Waals surface area contributed by atoms with Crippen molar-refractivity contribution in [3.05, 3.63) is 72.0 Å². The number of methoxy groups -OCH3 is 1. The highest BCUT2D eigenvalue weighted by Gasteiger charge is 2.24. The molecule has 6 heteroatoms. The number of nitrogens with one attached hydrogen (secondary N) is 1. The minimum absolute atomic E-state index is 0.132. The fourth-order valence-corrected chi connectivity index (χ4v) is 3.30. The van der Waals surface area contributed by atoms with Gasteiger partial charge in [0.25, 0.3) is 5.91 Å². The second-order valence-corrected chi connectivity index (χ2v) is 6.53. The molecular formula is C23H19NO5. The zero-order chi connectivity index (χ0) is 20.4. The van der Waals surface area contributed by atoms with Crippen LogP contribution in [0.15, 0.2) is 65.1 Å². The molecule has 1 amide bonds. The van der Waals surface area contributed by atoms with Crippen LogP contribution in [0.5, 0.6) is 5.75 Å². The van der Waals surface area contributed by atoms with E-state index in [1.54, 1.807) is 25.3 Å². The smallest absolute Gasteiger partial charge is 0.303 e. The quantitative estimate of drug-likeness (QED) is 0.491. The van der Waals surface area contributed by atoms with E-state index < -0.39 is 5.97 Å². The van der Waals surface area contributed by atoms with Crippen molar-refractivity contribution in [3.63, 3.8) is 0 Å². The van der Waals surface area contributed by atoms with Crippen LogP contribution in [0.25, 0.3) is 21.7 Å². The van der Waals surface area contributed by atoms with Crippen LogP contribution < -0.4 is 10.1 Å². The first-order chi connectivity index (χ1) is 14.1. The van der Waals surface area contributed by atoms with Crippen LogP contribution in [0.1, 0.15) is 23.0 Å². The minimum atomic E-state index is -0.452. The van der Waals surface area contributed by atoms with E-state index in [9.17, 15) is 9.59 Å². The highest BCUT2D eigenvalue weighted by Crippen LogP contribution is 2.35. The van der Waals surface area contributed by atoms with Gasteiger partial charge in [0.1, 0.15) is 17.9 Å². The van der Waals surface area contributed by atoms with Gasteiger partial charge in [-0.25, -0.2) is 0 Å². The number of para-hydroxylation sites is 1. The first kappa shape index (κ1) is 18.6. The third-order valence-electron chi connectivity index (χ3n) is 4.62. The maximum absolute atomic E-state index is 13.2. The summed E-state index contributed by atoms with van der Waals surface area (Å²) in [7, 11) is 1.59. The Morgan fingerprint density at radius 1 is 1.03 bits per heavy atom. The van der Waals surface area contributed by atoms with Crippen LogP contribution in [0.3, 0.4) is 0 Å². The van der Waals surface area contributed by atoms with Gasteiger partial charge < -0.3 is 19.2 Å². The summed E-state index contributed by atoms with van der Waals surface area (Å²) in [6.07, 6.45) is 0. The number of fused-ring (bicyclic) bond motifs is 3. The Morgan fingerprint density at radius 3 is 2.52 bits per heavy atom. The highest BCUT2D eigenvalue weighted by atomic mass is 16.5. The maximum atomic E-state index is 13.2. The van der Waals surface area contributed by atoms with Crippen molar-refractivity contribution in [2.75, 3.05) is 12.4 Å². The fourth-order valence-electron chi connectivity index (χ4n) is 3.30. The second-order valence-electron chi connectivity index (χ2n) is 6.53. The topological polar surface area (TPSA) is 77.8 Å². The summed E-state index contributed by atoms with van der Waals surface area (Å²) in [5.41, 5.74) is 1.53. The van der Waals surface area contributed by atoms with E-state index in [-0.39, 0.29) is 12.5 Å². The van der Waals surface area contributed by atoms with Crippen LogP contribution in [-0.4, -0.2) is 19.0 Å².